The van der Waals surface area contributed by atoms with Crippen LogP contribution in [0.1, 0.15) is 54.7 Å². The summed E-state index contributed by atoms with van der Waals surface area (Å²) >= 11 is 5.88. The lowest BCUT2D eigenvalue weighted by molar-refractivity contribution is -0.170. The van der Waals surface area contributed by atoms with Gasteiger partial charge in [0.15, 0.2) is 5.60 Å². The minimum absolute atomic E-state index is 0.161. The zero-order valence-corrected chi connectivity index (χ0v) is 23.7. The third-order valence-electron chi connectivity index (χ3n) is 7.02. The number of benzene rings is 1. The van der Waals surface area contributed by atoms with Crippen molar-refractivity contribution in [2.24, 2.45) is 5.92 Å². The zero-order chi connectivity index (χ0) is 30.9. The highest BCUT2D eigenvalue weighted by atomic mass is 35.5. The summed E-state index contributed by atoms with van der Waals surface area (Å²) in [5, 5.41) is 38.0. The number of hydrogen-bond acceptors (Lipinski definition) is 8. The molecule has 1 saturated carbocycles. The molecule has 4 N–H and O–H groups in total. The van der Waals surface area contributed by atoms with Crippen molar-refractivity contribution in [3.8, 4) is 0 Å². The molecular formula is C29H33ClFN3O8. The second kappa shape index (κ2) is 14.9. The number of carboxylic acids is 3. The maximum Gasteiger partial charge on any atom is 0.336 e. The van der Waals surface area contributed by atoms with Gasteiger partial charge >= 0.3 is 17.9 Å². The predicted molar refractivity (Wildman–Crippen MR) is 148 cm³/mol. The van der Waals surface area contributed by atoms with Gasteiger partial charge in [-0.3, -0.25) is 19.5 Å². The predicted octanol–water partition coefficient (Wildman–Crippen LogP) is 4.34. The number of pyridine rings is 1. The summed E-state index contributed by atoms with van der Waals surface area (Å²) in [4.78, 5) is 37.1. The van der Waals surface area contributed by atoms with E-state index in [0.29, 0.717) is 18.5 Å². The fourth-order valence-corrected chi connectivity index (χ4v) is 5.22. The van der Waals surface area contributed by atoms with Crippen molar-refractivity contribution in [1.82, 2.24) is 15.0 Å². The average molecular weight is 606 g/mol. The molecule has 1 aliphatic rings. The summed E-state index contributed by atoms with van der Waals surface area (Å²) in [5.74, 6) is -3.95. The van der Waals surface area contributed by atoms with Gasteiger partial charge in [0.1, 0.15) is 11.6 Å². The molecule has 4 rings (SSSR count). The van der Waals surface area contributed by atoms with Gasteiger partial charge in [0.25, 0.3) is 0 Å². The van der Waals surface area contributed by atoms with Crippen LogP contribution in [0.25, 0.3) is 0 Å². The van der Waals surface area contributed by atoms with E-state index in [1.165, 1.54) is 12.0 Å². The lowest BCUT2D eigenvalue weighted by atomic mass is 9.95. The van der Waals surface area contributed by atoms with Crippen LogP contribution in [-0.2, 0) is 33.9 Å². The van der Waals surface area contributed by atoms with Gasteiger partial charge in [-0.25, -0.2) is 9.18 Å². The third-order valence-corrected chi connectivity index (χ3v) is 7.32. The number of nitrogens with zero attached hydrogens (tertiary/aromatic N) is 3. The number of aryl methyl sites for hydroxylation is 1. The SMILES string of the molecule is Cc1cc(C[C@@H]2CCC[C@H]2N(Cc2ccncc2)Cc2ccc(Cl)c(F)c2)on1.O=C(O)CC(O)(CC(=O)O)C(=O)O. The minimum atomic E-state index is -2.74. The van der Waals surface area contributed by atoms with E-state index < -0.39 is 36.4 Å². The molecule has 0 radical (unpaired) electrons. The second-order valence-electron chi connectivity index (χ2n) is 10.4. The fraction of sp³-hybridized carbons (Fsp3) is 0.414. The Morgan fingerprint density at radius 3 is 2.21 bits per heavy atom. The minimum Gasteiger partial charge on any atom is -0.481 e. The van der Waals surface area contributed by atoms with E-state index in [0.717, 1.165) is 42.8 Å². The van der Waals surface area contributed by atoms with Crippen molar-refractivity contribution in [2.75, 3.05) is 0 Å². The molecule has 0 saturated heterocycles. The number of aromatic nitrogens is 2. The van der Waals surface area contributed by atoms with Crippen LogP contribution in [0.15, 0.2) is 53.3 Å². The van der Waals surface area contributed by atoms with Crippen molar-refractivity contribution >= 4 is 29.5 Å². The normalized spacial score (nSPS) is 16.6. The van der Waals surface area contributed by atoms with Gasteiger partial charge in [0, 0.05) is 44.0 Å². The van der Waals surface area contributed by atoms with Crippen LogP contribution >= 0.6 is 11.6 Å². The number of rotatable bonds is 12. The van der Waals surface area contributed by atoms with Crippen LogP contribution in [0.3, 0.4) is 0 Å². The van der Waals surface area contributed by atoms with Gasteiger partial charge in [0.05, 0.1) is 23.6 Å². The van der Waals surface area contributed by atoms with Crippen molar-refractivity contribution in [2.45, 2.75) is 70.2 Å². The molecule has 1 fully saturated rings. The van der Waals surface area contributed by atoms with E-state index in [4.69, 9.17) is 36.6 Å². The number of aliphatic hydroxyl groups is 1. The molecule has 2 atom stereocenters. The lowest BCUT2D eigenvalue weighted by Crippen LogP contribution is -2.42. The molecule has 0 unspecified atom stereocenters. The lowest BCUT2D eigenvalue weighted by Gasteiger charge is -2.33. The molecule has 0 spiro atoms. The maximum absolute atomic E-state index is 14.0. The quantitative estimate of drug-likeness (QED) is 0.231. The number of carboxylic acid groups (broad SMARTS) is 3. The Kier molecular flexibility index (Phi) is 11.5. The third kappa shape index (κ3) is 9.61. The molecule has 0 aliphatic heterocycles. The van der Waals surface area contributed by atoms with E-state index in [1.54, 1.807) is 12.1 Å². The summed E-state index contributed by atoms with van der Waals surface area (Å²) in [6.45, 7) is 3.42. The van der Waals surface area contributed by atoms with Crippen molar-refractivity contribution in [3.05, 3.63) is 82.2 Å². The molecule has 1 aliphatic carbocycles. The topological polar surface area (TPSA) is 174 Å². The van der Waals surface area contributed by atoms with Crippen molar-refractivity contribution in [1.29, 1.82) is 0 Å². The summed E-state index contributed by atoms with van der Waals surface area (Å²) in [6, 6.07) is 11.6. The molecule has 11 nitrogen and oxygen atoms in total. The Balaban J connectivity index is 0.000000316. The largest absolute Gasteiger partial charge is 0.481 e. The monoisotopic (exact) mass is 605 g/mol. The standard InChI is InChI=1S/C23H25ClFN3O.C6H8O7/c1-16-11-20(29-27-16)13-19-3-2-4-23(19)28(14-17-7-9-26-10-8-17)15-18-5-6-21(24)22(25)12-18;7-3(8)1-6(13,5(11)12)2-4(9)10/h5-12,19,23H,2-4,13-15H2,1H3;13H,1-2H2,(H,7,8)(H,9,10)(H,11,12)/t19-,23+;/m0./s1. The molecule has 226 valence electrons. The Morgan fingerprint density at radius 1 is 1.02 bits per heavy atom. The second-order valence-corrected chi connectivity index (χ2v) is 10.8. The van der Waals surface area contributed by atoms with Crippen molar-refractivity contribution in [3.63, 3.8) is 0 Å². The number of halogens is 2. The van der Waals surface area contributed by atoms with Crippen molar-refractivity contribution < 1.29 is 43.7 Å². The summed E-state index contributed by atoms with van der Waals surface area (Å²) in [6.07, 6.45) is 5.70. The highest BCUT2D eigenvalue weighted by molar-refractivity contribution is 6.30. The van der Waals surface area contributed by atoms with E-state index >= 15 is 0 Å². The molecular weight excluding hydrogens is 573 g/mol. The first-order valence-corrected chi connectivity index (χ1v) is 13.6. The highest BCUT2D eigenvalue weighted by Crippen LogP contribution is 2.35. The Morgan fingerprint density at radius 2 is 1.67 bits per heavy atom. The van der Waals surface area contributed by atoms with Crippen LogP contribution in [0.2, 0.25) is 5.02 Å². The van der Waals surface area contributed by atoms with Crippen LogP contribution in [0, 0.1) is 18.7 Å². The van der Waals surface area contributed by atoms with Gasteiger partial charge in [-0.1, -0.05) is 29.2 Å². The van der Waals surface area contributed by atoms with E-state index in [1.807, 2.05) is 43.6 Å². The first-order chi connectivity index (χ1) is 19.9. The number of carbonyl (C=O) groups is 3. The Labute approximate surface area is 246 Å². The van der Waals surface area contributed by atoms with Gasteiger partial charge in [0.2, 0.25) is 0 Å². The molecule has 0 amide bonds. The smallest absolute Gasteiger partial charge is 0.336 e. The summed E-state index contributed by atoms with van der Waals surface area (Å²) < 4.78 is 19.5. The maximum atomic E-state index is 14.0. The summed E-state index contributed by atoms with van der Waals surface area (Å²) in [5.41, 5.74) is 0.315. The first kappa shape index (κ1) is 32.6. The molecule has 2 heterocycles. The van der Waals surface area contributed by atoms with Crippen LogP contribution in [0.5, 0.6) is 0 Å². The Bertz CT molecular complexity index is 1350. The molecule has 3 aromatic rings. The van der Waals surface area contributed by atoms with Crippen LogP contribution in [-0.4, -0.2) is 65.0 Å². The first-order valence-electron chi connectivity index (χ1n) is 13.2. The average Bonchev–Trinajstić information content (AvgIpc) is 3.54. The molecule has 0 bridgehead atoms. The van der Waals surface area contributed by atoms with Crippen LogP contribution in [0.4, 0.5) is 4.39 Å². The van der Waals surface area contributed by atoms with E-state index in [9.17, 15) is 18.8 Å². The molecule has 13 heteroatoms. The zero-order valence-electron chi connectivity index (χ0n) is 22.9. The fourth-order valence-electron chi connectivity index (χ4n) is 5.11. The molecule has 1 aromatic carbocycles. The summed E-state index contributed by atoms with van der Waals surface area (Å²) in [7, 11) is 0. The Hall–Kier alpha value is -3.87. The van der Waals surface area contributed by atoms with Crippen LogP contribution < -0.4 is 0 Å². The van der Waals surface area contributed by atoms with E-state index in [2.05, 4.69) is 15.0 Å². The van der Waals surface area contributed by atoms with Gasteiger partial charge in [-0.2, -0.15) is 0 Å². The number of hydrogen-bond donors (Lipinski definition) is 4. The number of aliphatic carboxylic acids is 3. The van der Waals surface area contributed by atoms with E-state index in [-0.39, 0.29) is 10.8 Å². The van der Waals surface area contributed by atoms with Gasteiger partial charge in [-0.05, 0) is 61.1 Å². The molecule has 42 heavy (non-hydrogen) atoms. The molecule has 2 aromatic heterocycles. The van der Waals surface area contributed by atoms with Gasteiger partial charge < -0.3 is 24.9 Å². The highest BCUT2D eigenvalue weighted by Gasteiger charge is 2.40. The van der Waals surface area contributed by atoms with Gasteiger partial charge in [-0.15, -0.1) is 0 Å².